The van der Waals surface area contributed by atoms with Crippen LogP contribution in [0, 0.1) is 0 Å². The molecular formula is C12H15N3O3. The zero-order valence-corrected chi connectivity index (χ0v) is 10.2. The van der Waals surface area contributed by atoms with Gasteiger partial charge in [-0.2, -0.15) is 0 Å². The first-order valence-electron chi connectivity index (χ1n) is 5.74. The smallest absolute Gasteiger partial charge is 0.409 e. The molecule has 0 saturated carbocycles. The van der Waals surface area contributed by atoms with Crippen LogP contribution in [0.1, 0.15) is 10.4 Å². The van der Waals surface area contributed by atoms with E-state index in [2.05, 4.69) is 9.72 Å². The first kappa shape index (κ1) is 12.3. The molecular weight excluding hydrogens is 234 g/mol. The molecule has 0 atom stereocenters. The number of methoxy groups -OCH3 is 1. The van der Waals surface area contributed by atoms with Gasteiger partial charge in [0.15, 0.2) is 0 Å². The Balaban J connectivity index is 1.94. The molecule has 0 radical (unpaired) electrons. The third-order valence-electron chi connectivity index (χ3n) is 2.91. The van der Waals surface area contributed by atoms with E-state index in [9.17, 15) is 9.59 Å². The highest BCUT2D eigenvalue weighted by Gasteiger charge is 2.25. The van der Waals surface area contributed by atoms with Gasteiger partial charge in [0.1, 0.15) is 0 Å². The van der Waals surface area contributed by atoms with E-state index in [1.807, 2.05) is 0 Å². The number of amides is 2. The lowest BCUT2D eigenvalue weighted by molar-refractivity contribution is 0.0599. The molecule has 1 aliphatic rings. The molecule has 0 aliphatic carbocycles. The van der Waals surface area contributed by atoms with Gasteiger partial charge in [-0.1, -0.05) is 0 Å². The molecule has 0 unspecified atom stereocenters. The third kappa shape index (κ3) is 2.58. The molecule has 6 nitrogen and oxygen atoms in total. The summed E-state index contributed by atoms with van der Waals surface area (Å²) < 4.78 is 4.64. The van der Waals surface area contributed by atoms with E-state index in [0.717, 1.165) is 0 Å². The largest absolute Gasteiger partial charge is 0.453 e. The summed E-state index contributed by atoms with van der Waals surface area (Å²) >= 11 is 0. The molecule has 2 heterocycles. The van der Waals surface area contributed by atoms with Crippen molar-refractivity contribution in [3.63, 3.8) is 0 Å². The molecule has 96 valence electrons. The third-order valence-corrected chi connectivity index (χ3v) is 2.91. The molecule has 0 spiro atoms. The zero-order valence-electron chi connectivity index (χ0n) is 10.2. The Hall–Kier alpha value is -2.11. The first-order valence-corrected chi connectivity index (χ1v) is 5.74. The maximum Gasteiger partial charge on any atom is 0.409 e. The van der Waals surface area contributed by atoms with Gasteiger partial charge in [-0.25, -0.2) is 4.79 Å². The fourth-order valence-corrected chi connectivity index (χ4v) is 1.89. The number of nitrogens with zero attached hydrogens (tertiary/aromatic N) is 3. The number of hydrogen-bond donors (Lipinski definition) is 0. The van der Waals surface area contributed by atoms with Crippen LogP contribution >= 0.6 is 0 Å². The zero-order chi connectivity index (χ0) is 13.0. The Morgan fingerprint density at radius 2 is 1.89 bits per heavy atom. The quantitative estimate of drug-likeness (QED) is 0.731. The Morgan fingerprint density at radius 1 is 1.22 bits per heavy atom. The molecule has 1 aromatic rings. The molecule has 2 amide bonds. The van der Waals surface area contributed by atoms with Gasteiger partial charge in [0, 0.05) is 38.6 Å². The fourth-order valence-electron chi connectivity index (χ4n) is 1.89. The van der Waals surface area contributed by atoms with Gasteiger partial charge in [-0.3, -0.25) is 9.78 Å². The number of carbonyl (C=O) groups excluding carboxylic acids is 2. The van der Waals surface area contributed by atoms with E-state index in [1.165, 1.54) is 7.11 Å². The van der Waals surface area contributed by atoms with Crippen LogP contribution in [0.5, 0.6) is 0 Å². The standard InChI is InChI=1S/C12H15N3O3/c1-18-12(17)15-7-5-14(6-8-15)11(16)10-3-2-4-13-9-10/h2-4,9H,5-8H2,1H3. The lowest BCUT2D eigenvalue weighted by Gasteiger charge is -2.33. The average molecular weight is 249 g/mol. The molecule has 0 aromatic carbocycles. The number of pyridine rings is 1. The van der Waals surface area contributed by atoms with E-state index in [0.29, 0.717) is 31.7 Å². The summed E-state index contributed by atoms with van der Waals surface area (Å²) in [5, 5.41) is 0. The molecule has 0 bridgehead atoms. The van der Waals surface area contributed by atoms with Gasteiger partial charge in [0.2, 0.25) is 0 Å². The second-order valence-corrected chi connectivity index (χ2v) is 3.99. The van der Waals surface area contributed by atoms with Crippen molar-refractivity contribution in [1.82, 2.24) is 14.8 Å². The minimum absolute atomic E-state index is 0.0485. The lowest BCUT2D eigenvalue weighted by atomic mass is 10.2. The van der Waals surface area contributed by atoms with Crippen LogP contribution in [-0.4, -0.2) is 60.1 Å². The predicted molar refractivity (Wildman–Crippen MR) is 64.1 cm³/mol. The molecule has 1 aliphatic heterocycles. The first-order chi connectivity index (χ1) is 8.72. The highest BCUT2D eigenvalue weighted by molar-refractivity contribution is 5.94. The Kier molecular flexibility index (Phi) is 3.76. The fraction of sp³-hybridized carbons (Fsp3) is 0.417. The predicted octanol–water partition coefficient (Wildman–Crippen LogP) is 0.606. The van der Waals surface area contributed by atoms with Crippen LogP contribution < -0.4 is 0 Å². The van der Waals surface area contributed by atoms with E-state index >= 15 is 0 Å². The van der Waals surface area contributed by atoms with Crippen molar-refractivity contribution >= 4 is 12.0 Å². The maximum absolute atomic E-state index is 12.1. The second kappa shape index (κ2) is 5.48. The van der Waals surface area contributed by atoms with Crippen LogP contribution in [0.3, 0.4) is 0 Å². The van der Waals surface area contributed by atoms with Gasteiger partial charge in [-0.05, 0) is 12.1 Å². The van der Waals surface area contributed by atoms with E-state index in [-0.39, 0.29) is 12.0 Å². The van der Waals surface area contributed by atoms with Crippen molar-refractivity contribution in [2.24, 2.45) is 0 Å². The van der Waals surface area contributed by atoms with Crippen molar-refractivity contribution in [3.05, 3.63) is 30.1 Å². The molecule has 2 rings (SSSR count). The molecule has 1 saturated heterocycles. The van der Waals surface area contributed by atoms with Crippen molar-refractivity contribution < 1.29 is 14.3 Å². The number of aromatic nitrogens is 1. The van der Waals surface area contributed by atoms with Crippen LogP contribution in [0.15, 0.2) is 24.5 Å². The number of hydrogen-bond acceptors (Lipinski definition) is 4. The number of ether oxygens (including phenoxy) is 1. The van der Waals surface area contributed by atoms with E-state index in [1.54, 1.807) is 34.3 Å². The normalized spacial score (nSPS) is 15.4. The second-order valence-electron chi connectivity index (χ2n) is 3.99. The van der Waals surface area contributed by atoms with Crippen LogP contribution in [0.4, 0.5) is 4.79 Å². The highest BCUT2D eigenvalue weighted by Crippen LogP contribution is 2.08. The van der Waals surface area contributed by atoms with Gasteiger partial charge in [-0.15, -0.1) is 0 Å². The Labute approximate surface area is 105 Å². The SMILES string of the molecule is COC(=O)N1CCN(C(=O)c2cccnc2)CC1. The molecule has 18 heavy (non-hydrogen) atoms. The number of carbonyl (C=O) groups is 2. The van der Waals surface area contributed by atoms with Crippen LogP contribution in [-0.2, 0) is 4.74 Å². The van der Waals surface area contributed by atoms with Gasteiger partial charge < -0.3 is 14.5 Å². The van der Waals surface area contributed by atoms with Gasteiger partial charge in [0.05, 0.1) is 12.7 Å². The van der Waals surface area contributed by atoms with Crippen molar-refractivity contribution in [2.75, 3.05) is 33.3 Å². The highest BCUT2D eigenvalue weighted by atomic mass is 16.5. The molecule has 1 aromatic heterocycles. The van der Waals surface area contributed by atoms with Gasteiger partial charge >= 0.3 is 6.09 Å². The van der Waals surface area contributed by atoms with Crippen molar-refractivity contribution in [1.29, 1.82) is 0 Å². The van der Waals surface area contributed by atoms with Gasteiger partial charge in [0.25, 0.3) is 5.91 Å². The van der Waals surface area contributed by atoms with E-state index in [4.69, 9.17) is 0 Å². The van der Waals surface area contributed by atoms with E-state index < -0.39 is 0 Å². The molecule has 6 heteroatoms. The summed E-state index contributed by atoms with van der Waals surface area (Å²) in [5.74, 6) is -0.0485. The number of piperazine rings is 1. The summed E-state index contributed by atoms with van der Waals surface area (Å²) in [6.07, 6.45) is 2.84. The summed E-state index contributed by atoms with van der Waals surface area (Å²) in [7, 11) is 1.36. The van der Waals surface area contributed by atoms with Crippen molar-refractivity contribution in [3.8, 4) is 0 Å². The minimum atomic E-state index is -0.344. The summed E-state index contributed by atoms with van der Waals surface area (Å²) in [6.45, 7) is 2.03. The summed E-state index contributed by atoms with van der Waals surface area (Å²) in [6, 6.07) is 3.47. The molecule has 1 fully saturated rings. The number of rotatable bonds is 1. The van der Waals surface area contributed by atoms with Crippen LogP contribution in [0.2, 0.25) is 0 Å². The van der Waals surface area contributed by atoms with Crippen molar-refractivity contribution in [2.45, 2.75) is 0 Å². The summed E-state index contributed by atoms with van der Waals surface area (Å²) in [5.41, 5.74) is 0.573. The lowest BCUT2D eigenvalue weighted by Crippen LogP contribution is -2.50. The topological polar surface area (TPSA) is 62.7 Å². The minimum Gasteiger partial charge on any atom is -0.453 e. The molecule has 0 N–H and O–H groups in total. The Bertz CT molecular complexity index is 427. The Morgan fingerprint density at radius 3 is 2.44 bits per heavy atom. The average Bonchev–Trinajstić information content (AvgIpc) is 2.47. The van der Waals surface area contributed by atoms with Crippen LogP contribution in [0.25, 0.3) is 0 Å². The maximum atomic E-state index is 12.1. The summed E-state index contributed by atoms with van der Waals surface area (Å²) in [4.78, 5) is 30.6. The monoisotopic (exact) mass is 249 g/mol.